The van der Waals surface area contributed by atoms with Gasteiger partial charge in [0.25, 0.3) is 0 Å². The number of nitrogens with two attached hydrogens (primary N) is 1. The highest BCUT2D eigenvalue weighted by Crippen LogP contribution is 2.21. The predicted molar refractivity (Wildman–Crippen MR) is 58.6 cm³/mol. The Hall–Kier alpha value is -1.09. The molecular formula is C10H9BrN2. The first-order valence-corrected chi connectivity index (χ1v) is 4.78. The van der Waals surface area contributed by atoms with E-state index < -0.39 is 0 Å². The number of benzene rings is 1. The average molecular weight is 237 g/mol. The summed E-state index contributed by atoms with van der Waals surface area (Å²) in [5.41, 5.74) is 8.36. The molecular weight excluding hydrogens is 228 g/mol. The molecule has 0 radical (unpaired) electrons. The second-order valence-electron chi connectivity index (χ2n) is 3.00. The van der Waals surface area contributed by atoms with E-state index in [1.807, 2.05) is 31.2 Å². The van der Waals surface area contributed by atoms with Crippen molar-refractivity contribution in [2.75, 3.05) is 5.73 Å². The summed E-state index contributed by atoms with van der Waals surface area (Å²) in [6, 6.07) is 7.91. The van der Waals surface area contributed by atoms with Crippen LogP contribution in [0, 0.1) is 6.92 Å². The van der Waals surface area contributed by atoms with Crippen molar-refractivity contribution in [3.63, 3.8) is 0 Å². The molecule has 0 bridgehead atoms. The van der Waals surface area contributed by atoms with Gasteiger partial charge in [-0.1, -0.05) is 15.9 Å². The zero-order valence-corrected chi connectivity index (χ0v) is 8.80. The van der Waals surface area contributed by atoms with Crippen LogP contribution < -0.4 is 5.73 Å². The zero-order valence-electron chi connectivity index (χ0n) is 7.21. The van der Waals surface area contributed by atoms with E-state index in [9.17, 15) is 0 Å². The summed E-state index contributed by atoms with van der Waals surface area (Å²) in [6.07, 6.45) is 0. The van der Waals surface area contributed by atoms with Crippen molar-refractivity contribution >= 4 is 32.5 Å². The van der Waals surface area contributed by atoms with Gasteiger partial charge in [-0.25, -0.2) is 0 Å². The van der Waals surface area contributed by atoms with E-state index in [0.717, 1.165) is 26.8 Å². The molecule has 3 heteroatoms. The van der Waals surface area contributed by atoms with Crippen LogP contribution in [0.15, 0.2) is 28.7 Å². The number of halogens is 1. The number of aryl methyl sites for hydroxylation is 1. The van der Waals surface area contributed by atoms with Crippen LogP contribution in [-0.2, 0) is 0 Å². The lowest BCUT2D eigenvalue weighted by Gasteiger charge is -2.02. The quantitative estimate of drug-likeness (QED) is 0.765. The van der Waals surface area contributed by atoms with E-state index in [1.165, 1.54) is 0 Å². The Balaban J connectivity index is 2.81. The summed E-state index contributed by atoms with van der Waals surface area (Å²) in [6.45, 7) is 1.91. The maximum atomic E-state index is 5.76. The molecule has 2 aromatic rings. The topological polar surface area (TPSA) is 38.9 Å². The fraction of sp³-hybridized carbons (Fsp3) is 0.100. The minimum absolute atomic E-state index is 0.741. The van der Waals surface area contributed by atoms with Gasteiger partial charge in [-0.15, -0.1) is 0 Å². The minimum Gasteiger partial charge on any atom is -0.397 e. The number of fused-ring (bicyclic) bond motifs is 1. The van der Waals surface area contributed by atoms with E-state index in [0.29, 0.717) is 0 Å². The fourth-order valence-electron chi connectivity index (χ4n) is 1.26. The van der Waals surface area contributed by atoms with Crippen LogP contribution in [0.3, 0.4) is 0 Å². The van der Waals surface area contributed by atoms with Gasteiger partial charge in [-0.05, 0) is 31.2 Å². The molecule has 0 saturated carbocycles. The Morgan fingerprint density at radius 1 is 1.31 bits per heavy atom. The van der Waals surface area contributed by atoms with E-state index in [2.05, 4.69) is 20.9 Å². The Labute approximate surface area is 84.9 Å². The predicted octanol–water partition coefficient (Wildman–Crippen LogP) is 2.89. The maximum Gasteiger partial charge on any atom is 0.0707 e. The van der Waals surface area contributed by atoms with Crippen LogP contribution in [-0.4, -0.2) is 4.98 Å². The van der Waals surface area contributed by atoms with E-state index >= 15 is 0 Å². The number of hydrogen-bond acceptors (Lipinski definition) is 2. The van der Waals surface area contributed by atoms with Gasteiger partial charge in [0.1, 0.15) is 0 Å². The van der Waals surface area contributed by atoms with Gasteiger partial charge in [0.15, 0.2) is 0 Å². The van der Waals surface area contributed by atoms with Gasteiger partial charge in [-0.2, -0.15) is 0 Å². The molecule has 0 spiro atoms. The van der Waals surface area contributed by atoms with Crippen molar-refractivity contribution in [3.8, 4) is 0 Å². The number of nitrogen functional groups attached to an aromatic ring is 1. The first-order chi connectivity index (χ1) is 6.16. The molecule has 0 fully saturated rings. The second-order valence-corrected chi connectivity index (χ2v) is 3.92. The minimum atomic E-state index is 0.741. The number of aromatic nitrogens is 1. The van der Waals surface area contributed by atoms with Crippen LogP contribution in [0.4, 0.5) is 5.69 Å². The van der Waals surface area contributed by atoms with E-state index in [1.54, 1.807) is 0 Å². The van der Waals surface area contributed by atoms with Gasteiger partial charge in [0.2, 0.25) is 0 Å². The molecule has 2 N–H and O–H groups in total. The SMILES string of the molecule is Cc1nc2ccc(Br)cc2cc1N. The largest absolute Gasteiger partial charge is 0.397 e. The lowest BCUT2D eigenvalue weighted by atomic mass is 10.2. The molecule has 2 rings (SSSR count). The molecule has 2 nitrogen and oxygen atoms in total. The van der Waals surface area contributed by atoms with E-state index in [4.69, 9.17) is 5.73 Å². The molecule has 1 heterocycles. The van der Waals surface area contributed by atoms with Crippen molar-refractivity contribution in [2.24, 2.45) is 0 Å². The molecule has 0 aliphatic heterocycles. The Morgan fingerprint density at radius 3 is 2.85 bits per heavy atom. The second kappa shape index (κ2) is 3.00. The molecule has 13 heavy (non-hydrogen) atoms. The highest BCUT2D eigenvalue weighted by atomic mass is 79.9. The summed E-state index contributed by atoms with van der Waals surface area (Å²) < 4.78 is 1.05. The molecule has 0 aliphatic carbocycles. The van der Waals surface area contributed by atoms with Gasteiger partial charge >= 0.3 is 0 Å². The smallest absolute Gasteiger partial charge is 0.0707 e. The summed E-state index contributed by atoms with van der Waals surface area (Å²) in [5.74, 6) is 0. The summed E-state index contributed by atoms with van der Waals surface area (Å²) in [4.78, 5) is 4.37. The lowest BCUT2D eigenvalue weighted by molar-refractivity contribution is 1.26. The number of hydrogen-bond donors (Lipinski definition) is 1. The third-order valence-electron chi connectivity index (χ3n) is 2.01. The number of nitrogens with zero attached hydrogens (tertiary/aromatic N) is 1. The Kier molecular flexibility index (Phi) is 1.96. The van der Waals surface area contributed by atoms with Crippen molar-refractivity contribution in [2.45, 2.75) is 6.92 Å². The first-order valence-electron chi connectivity index (χ1n) is 3.99. The molecule has 1 aromatic heterocycles. The van der Waals surface area contributed by atoms with Gasteiger partial charge in [0, 0.05) is 9.86 Å². The van der Waals surface area contributed by atoms with Crippen molar-refractivity contribution in [1.82, 2.24) is 4.98 Å². The Bertz CT molecular complexity index is 466. The summed E-state index contributed by atoms with van der Waals surface area (Å²) in [7, 11) is 0. The van der Waals surface area contributed by atoms with Crippen LogP contribution in [0.5, 0.6) is 0 Å². The van der Waals surface area contributed by atoms with Crippen molar-refractivity contribution in [1.29, 1.82) is 0 Å². The van der Waals surface area contributed by atoms with Gasteiger partial charge in [0.05, 0.1) is 16.9 Å². The van der Waals surface area contributed by atoms with Crippen LogP contribution in [0.2, 0.25) is 0 Å². The van der Waals surface area contributed by atoms with Crippen LogP contribution in [0.25, 0.3) is 10.9 Å². The monoisotopic (exact) mass is 236 g/mol. The highest BCUT2D eigenvalue weighted by Gasteiger charge is 1.99. The lowest BCUT2D eigenvalue weighted by Crippen LogP contribution is -1.92. The van der Waals surface area contributed by atoms with Crippen molar-refractivity contribution in [3.05, 3.63) is 34.4 Å². The first kappa shape index (κ1) is 8.51. The van der Waals surface area contributed by atoms with Crippen molar-refractivity contribution < 1.29 is 0 Å². The molecule has 0 aliphatic rings. The van der Waals surface area contributed by atoms with E-state index in [-0.39, 0.29) is 0 Å². The number of pyridine rings is 1. The molecule has 0 amide bonds. The van der Waals surface area contributed by atoms with Crippen LogP contribution in [0.1, 0.15) is 5.69 Å². The Morgan fingerprint density at radius 2 is 2.08 bits per heavy atom. The summed E-state index contributed by atoms with van der Waals surface area (Å²) in [5, 5.41) is 1.07. The number of anilines is 1. The van der Waals surface area contributed by atoms with Crippen LogP contribution >= 0.6 is 15.9 Å². The molecule has 66 valence electrons. The highest BCUT2D eigenvalue weighted by molar-refractivity contribution is 9.10. The molecule has 1 aromatic carbocycles. The fourth-order valence-corrected chi connectivity index (χ4v) is 1.64. The maximum absolute atomic E-state index is 5.76. The summed E-state index contributed by atoms with van der Waals surface area (Å²) >= 11 is 3.41. The third-order valence-corrected chi connectivity index (χ3v) is 2.50. The zero-order chi connectivity index (χ0) is 9.42. The van der Waals surface area contributed by atoms with Gasteiger partial charge in [-0.3, -0.25) is 4.98 Å². The number of rotatable bonds is 0. The molecule has 0 atom stereocenters. The molecule has 0 unspecified atom stereocenters. The standard InChI is InChI=1S/C10H9BrN2/c1-6-9(12)5-7-4-8(11)2-3-10(7)13-6/h2-5H,12H2,1H3. The third kappa shape index (κ3) is 1.52. The molecule has 0 saturated heterocycles. The van der Waals surface area contributed by atoms with Gasteiger partial charge < -0.3 is 5.73 Å². The average Bonchev–Trinajstić information content (AvgIpc) is 2.08. The normalized spacial score (nSPS) is 10.6.